The molecule has 12 heavy (non-hydrogen) atoms. The lowest BCUT2D eigenvalue weighted by molar-refractivity contribution is -0.119. The molecule has 5 heteroatoms. The largest absolute Gasteiger partial charge is 0.369 e. The van der Waals surface area contributed by atoms with Gasteiger partial charge >= 0.3 is 0 Å². The number of hydrogen-bond acceptors (Lipinski definition) is 3. The molecule has 5 nitrogen and oxygen atoms in total. The molecule has 0 aromatic carbocycles. The minimum absolute atomic E-state index is 0.296. The summed E-state index contributed by atoms with van der Waals surface area (Å²) in [5.41, 5.74) is 4.99. The van der Waals surface area contributed by atoms with Crippen LogP contribution in [-0.2, 0) is 4.79 Å². The SMILES string of the molecule is CC(C(N)=O)c1cnc[nH]c1=O. The molecule has 1 aromatic rings. The van der Waals surface area contributed by atoms with Crippen molar-refractivity contribution in [2.24, 2.45) is 5.73 Å². The summed E-state index contributed by atoms with van der Waals surface area (Å²) < 4.78 is 0. The van der Waals surface area contributed by atoms with Gasteiger partial charge in [-0.25, -0.2) is 4.98 Å². The van der Waals surface area contributed by atoms with E-state index in [4.69, 9.17) is 5.73 Å². The molecule has 0 bridgehead atoms. The Kier molecular flexibility index (Phi) is 2.23. The minimum atomic E-state index is -0.595. The van der Waals surface area contributed by atoms with Gasteiger partial charge < -0.3 is 10.7 Å². The fourth-order valence-electron chi connectivity index (χ4n) is 0.817. The molecular weight excluding hydrogens is 158 g/mol. The third kappa shape index (κ3) is 1.50. The highest BCUT2D eigenvalue weighted by atomic mass is 16.1. The van der Waals surface area contributed by atoms with E-state index in [1.807, 2.05) is 0 Å². The molecule has 3 N–H and O–H groups in total. The predicted molar refractivity (Wildman–Crippen MR) is 42.5 cm³/mol. The van der Waals surface area contributed by atoms with Gasteiger partial charge in [-0.3, -0.25) is 9.59 Å². The van der Waals surface area contributed by atoms with Crippen LogP contribution in [0.3, 0.4) is 0 Å². The van der Waals surface area contributed by atoms with Crippen molar-refractivity contribution in [3.05, 3.63) is 28.4 Å². The molecule has 0 saturated carbocycles. The molecule has 1 atom stereocenters. The Morgan fingerprint density at radius 1 is 1.75 bits per heavy atom. The Balaban J connectivity index is 3.11. The number of primary amides is 1. The van der Waals surface area contributed by atoms with E-state index >= 15 is 0 Å². The van der Waals surface area contributed by atoms with Crippen LogP contribution in [0.15, 0.2) is 17.3 Å². The van der Waals surface area contributed by atoms with E-state index in [-0.39, 0.29) is 5.56 Å². The molecule has 0 saturated heterocycles. The second-order valence-electron chi connectivity index (χ2n) is 2.46. The highest BCUT2D eigenvalue weighted by Crippen LogP contribution is 2.06. The van der Waals surface area contributed by atoms with Crippen molar-refractivity contribution in [3.8, 4) is 0 Å². The second-order valence-corrected chi connectivity index (χ2v) is 2.46. The van der Waals surface area contributed by atoms with Crippen molar-refractivity contribution in [2.75, 3.05) is 0 Å². The van der Waals surface area contributed by atoms with Gasteiger partial charge in [0, 0.05) is 11.8 Å². The number of rotatable bonds is 2. The van der Waals surface area contributed by atoms with Crippen LogP contribution in [0, 0.1) is 0 Å². The average molecular weight is 167 g/mol. The van der Waals surface area contributed by atoms with Gasteiger partial charge in [0.05, 0.1) is 12.2 Å². The van der Waals surface area contributed by atoms with Crippen LogP contribution in [0.1, 0.15) is 18.4 Å². The number of H-pyrrole nitrogens is 1. The van der Waals surface area contributed by atoms with Gasteiger partial charge in [-0.1, -0.05) is 0 Å². The van der Waals surface area contributed by atoms with Crippen molar-refractivity contribution in [2.45, 2.75) is 12.8 Å². The molecule has 0 aliphatic heterocycles. The third-order valence-electron chi connectivity index (χ3n) is 1.64. The number of carbonyl (C=O) groups is 1. The minimum Gasteiger partial charge on any atom is -0.369 e. The first-order valence-corrected chi connectivity index (χ1v) is 3.45. The summed E-state index contributed by atoms with van der Waals surface area (Å²) in [5, 5.41) is 0. The van der Waals surface area contributed by atoms with Gasteiger partial charge in [-0.05, 0) is 6.92 Å². The van der Waals surface area contributed by atoms with Crippen molar-refractivity contribution in [1.82, 2.24) is 9.97 Å². The number of hydrogen-bond donors (Lipinski definition) is 2. The summed E-state index contributed by atoms with van der Waals surface area (Å²) in [6.07, 6.45) is 2.60. The summed E-state index contributed by atoms with van der Waals surface area (Å²) in [4.78, 5) is 27.8. The number of aromatic amines is 1. The maximum Gasteiger partial charge on any atom is 0.254 e. The lowest BCUT2D eigenvalue weighted by atomic mass is 10.0. The van der Waals surface area contributed by atoms with E-state index in [0.717, 1.165) is 0 Å². The summed E-state index contributed by atoms with van der Waals surface area (Å²) in [6.45, 7) is 1.56. The van der Waals surface area contributed by atoms with E-state index < -0.39 is 11.8 Å². The zero-order valence-corrected chi connectivity index (χ0v) is 6.57. The standard InChI is InChI=1S/C7H9N3O2/c1-4(6(8)11)5-2-9-3-10-7(5)12/h2-4H,1H3,(H2,8,11)(H,9,10,12). The van der Waals surface area contributed by atoms with Crippen LogP contribution in [0.25, 0.3) is 0 Å². The first-order valence-electron chi connectivity index (χ1n) is 3.45. The van der Waals surface area contributed by atoms with Crippen molar-refractivity contribution < 1.29 is 4.79 Å². The normalized spacial score (nSPS) is 12.4. The molecule has 0 fully saturated rings. The zero-order valence-electron chi connectivity index (χ0n) is 6.57. The molecule has 1 heterocycles. The number of aromatic nitrogens is 2. The summed E-state index contributed by atoms with van der Waals surface area (Å²) in [5.74, 6) is -1.13. The zero-order chi connectivity index (χ0) is 9.14. The maximum absolute atomic E-state index is 11.1. The molecule has 1 rings (SSSR count). The van der Waals surface area contributed by atoms with E-state index in [0.29, 0.717) is 5.56 Å². The van der Waals surface area contributed by atoms with Crippen LogP contribution < -0.4 is 11.3 Å². The van der Waals surface area contributed by atoms with Crippen LogP contribution in [0.4, 0.5) is 0 Å². The summed E-state index contributed by atoms with van der Waals surface area (Å²) >= 11 is 0. The quantitative estimate of drug-likeness (QED) is 0.613. The van der Waals surface area contributed by atoms with Crippen molar-refractivity contribution in [3.63, 3.8) is 0 Å². The molecule has 0 spiro atoms. The average Bonchev–Trinajstić information content (AvgIpc) is 2.04. The topological polar surface area (TPSA) is 88.8 Å². The van der Waals surface area contributed by atoms with Gasteiger partial charge in [-0.15, -0.1) is 0 Å². The van der Waals surface area contributed by atoms with Crippen LogP contribution >= 0.6 is 0 Å². The number of nitrogens with two attached hydrogens (primary N) is 1. The molecule has 64 valence electrons. The monoisotopic (exact) mass is 167 g/mol. The van der Waals surface area contributed by atoms with E-state index in [1.165, 1.54) is 12.5 Å². The van der Waals surface area contributed by atoms with Crippen LogP contribution in [0.5, 0.6) is 0 Å². The van der Waals surface area contributed by atoms with Gasteiger partial charge in [0.15, 0.2) is 0 Å². The van der Waals surface area contributed by atoms with Gasteiger partial charge in [-0.2, -0.15) is 0 Å². The van der Waals surface area contributed by atoms with Crippen LogP contribution in [0.2, 0.25) is 0 Å². The Hall–Kier alpha value is -1.65. The molecule has 1 aromatic heterocycles. The molecule has 0 aliphatic rings. The first-order chi connectivity index (χ1) is 5.63. The Morgan fingerprint density at radius 3 is 2.92 bits per heavy atom. The highest BCUT2D eigenvalue weighted by Gasteiger charge is 2.14. The summed E-state index contributed by atoms with van der Waals surface area (Å²) in [6, 6.07) is 0. The Morgan fingerprint density at radius 2 is 2.42 bits per heavy atom. The fourth-order valence-corrected chi connectivity index (χ4v) is 0.817. The van der Waals surface area contributed by atoms with Gasteiger partial charge in [0.2, 0.25) is 5.91 Å². The second kappa shape index (κ2) is 3.17. The van der Waals surface area contributed by atoms with E-state index in [1.54, 1.807) is 6.92 Å². The lowest BCUT2D eigenvalue weighted by Crippen LogP contribution is -2.25. The number of nitrogens with one attached hydrogen (secondary N) is 1. The lowest BCUT2D eigenvalue weighted by Gasteiger charge is -2.03. The van der Waals surface area contributed by atoms with E-state index in [2.05, 4.69) is 9.97 Å². The van der Waals surface area contributed by atoms with Gasteiger partial charge in [0.1, 0.15) is 0 Å². The highest BCUT2D eigenvalue weighted by molar-refractivity contribution is 5.81. The van der Waals surface area contributed by atoms with Crippen molar-refractivity contribution in [1.29, 1.82) is 0 Å². The molecule has 0 aliphatic carbocycles. The third-order valence-corrected chi connectivity index (χ3v) is 1.64. The predicted octanol–water partition coefficient (Wildman–Crippen LogP) is -0.641. The van der Waals surface area contributed by atoms with E-state index in [9.17, 15) is 9.59 Å². The number of amides is 1. The summed E-state index contributed by atoms with van der Waals surface area (Å²) in [7, 11) is 0. The fraction of sp³-hybridized carbons (Fsp3) is 0.286. The maximum atomic E-state index is 11.1. The Labute approximate surface area is 68.6 Å². The molecular formula is C7H9N3O2. The van der Waals surface area contributed by atoms with Gasteiger partial charge in [0.25, 0.3) is 5.56 Å². The number of carbonyl (C=O) groups excluding carboxylic acids is 1. The molecule has 1 unspecified atom stereocenters. The smallest absolute Gasteiger partial charge is 0.254 e. The Bertz CT molecular complexity index is 345. The molecule has 1 amide bonds. The van der Waals surface area contributed by atoms with Crippen LogP contribution in [-0.4, -0.2) is 15.9 Å². The number of nitrogens with zero attached hydrogens (tertiary/aromatic N) is 1. The molecule has 0 radical (unpaired) electrons. The first kappa shape index (κ1) is 8.45. The van der Waals surface area contributed by atoms with Crippen molar-refractivity contribution >= 4 is 5.91 Å².